The smallest absolute Gasteiger partial charge is 0.253 e. The second-order valence-corrected chi connectivity index (χ2v) is 6.90. The molecular formula is C13H14Br2FNO. The maximum atomic E-state index is 13.4. The molecule has 98 valence electrons. The molecule has 2 rings (SSSR count). The zero-order chi connectivity index (χ0) is 13.3. The van der Waals surface area contributed by atoms with E-state index < -0.39 is 5.82 Å². The van der Waals surface area contributed by atoms with Gasteiger partial charge >= 0.3 is 0 Å². The molecule has 1 saturated carbocycles. The molecule has 0 spiro atoms. The van der Waals surface area contributed by atoms with E-state index in [0.717, 1.165) is 19.4 Å². The van der Waals surface area contributed by atoms with Gasteiger partial charge in [0, 0.05) is 24.0 Å². The van der Waals surface area contributed by atoms with Gasteiger partial charge in [0.05, 0.1) is 4.47 Å². The van der Waals surface area contributed by atoms with Gasteiger partial charge in [0.15, 0.2) is 0 Å². The Morgan fingerprint density at radius 3 is 2.72 bits per heavy atom. The number of halogens is 3. The molecule has 0 saturated heterocycles. The first-order valence-corrected chi connectivity index (χ1v) is 7.53. The molecule has 0 unspecified atom stereocenters. The molecule has 0 aliphatic heterocycles. The van der Waals surface area contributed by atoms with Crippen molar-refractivity contribution >= 4 is 37.8 Å². The van der Waals surface area contributed by atoms with Gasteiger partial charge in [-0.2, -0.15) is 0 Å². The van der Waals surface area contributed by atoms with Crippen molar-refractivity contribution in [3.8, 4) is 0 Å². The van der Waals surface area contributed by atoms with Crippen LogP contribution in [0.1, 0.15) is 23.2 Å². The van der Waals surface area contributed by atoms with Crippen LogP contribution in [0.15, 0.2) is 22.7 Å². The van der Waals surface area contributed by atoms with E-state index in [4.69, 9.17) is 0 Å². The van der Waals surface area contributed by atoms with Crippen molar-refractivity contribution in [2.24, 2.45) is 5.92 Å². The van der Waals surface area contributed by atoms with Crippen LogP contribution in [0, 0.1) is 11.7 Å². The first-order chi connectivity index (χ1) is 8.47. The summed E-state index contributed by atoms with van der Waals surface area (Å²) in [7, 11) is 1.77. The predicted molar refractivity (Wildman–Crippen MR) is 76.5 cm³/mol. The maximum absolute atomic E-state index is 13.4. The van der Waals surface area contributed by atoms with E-state index in [1.807, 2.05) is 0 Å². The molecule has 0 radical (unpaired) electrons. The Kier molecular flexibility index (Phi) is 4.43. The van der Waals surface area contributed by atoms with E-state index in [9.17, 15) is 9.18 Å². The number of carbonyl (C=O) groups is 1. The summed E-state index contributed by atoms with van der Waals surface area (Å²) in [5.74, 6) is 0.0291. The zero-order valence-electron chi connectivity index (χ0n) is 10.00. The summed E-state index contributed by atoms with van der Waals surface area (Å²) < 4.78 is 13.7. The first kappa shape index (κ1) is 14.0. The van der Waals surface area contributed by atoms with Crippen LogP contribution in [0.2, 0.25) is 0 Å². The molecule has 1 aliphatic carbocycles. The van der Waals surface area contributed by atoms with E-state index >= 15 is 0 Å². The number of carbonyl (C=O) groups excluding carboxylic acids is 1. The van der Waals surface area contributed by atoms with Gasteiger partial charge in [0.2, 0.25) is 0 Å². The maximum Gasteiger partial charge on any atom is 0.253 e. The number of benzene rings is 1. The third-order valence-corrected chi connectivity index (χ3v) is 4.61. The molecule has 0 aromatic heterocycles. The van der Waals surface area contributed by atoms with Crippen molar-refractivity contribution < 1.29 is 9.18 Å². The van der Waals surface area contributed by atoms with Gasteiger partial charge in [-0.3, -0.25) is 4.79 Å². The molecule has 0 N–H and O–H groups in total. The molecule has 0 bridgehead atoms. The predicted octanol–water partition coefficient (Wildman–Crippen LogP) is 3.83. The third kappa shape index (κ3) is 3.12. The standard InChI is InChI=1S/C13H14Br2FNO/c1-17(7-8-4-10(14)5-8)13(18)9-2-3-11(15)12(16)6-9/h2-3,6,8,10H,4-5,7H2,1H3. The Morgan fingerprint density at radius 1 is 1.50 bits per heavy atom. The Labute approximate surface area is 123 Å². The molecular weight excluding hydrogens is 365 g/mol. The van der Waals surface area contributed by atoms with Crippen molar-refractivity contribution in [3.63, 3.8) is 0 Å². The highest BCUT2D eigenvalue weighted by atomic mass is 79.9. The lowest BCUT2D eigenvalue weighted by molar-refractivity contribution is 0.0748. The highest BCUT2D eigenvalue weighted by Crippen LogP contribution is 2.33. The van der Waals surface area contributed by atoms with Crippen LogP contribution >= 0.6 is 31.9 Å². The number of rotatable bonds is 3. The van der Waals surface area contributed by atoms with Crippen LogP contribution in [0.5, 0.6) is 0 Å². The van der Waals surface area contributed by atoms with Gasteiger partial charge < -0.3 is 4.90 Å². The fourth-order valence-electron chi connectivity index (χ4n) is 2.12. The molecule has 1 aromatic carbocycles. The van der Waals surface area contributed by atoms with Gasteiger partial charge in [0.1, 0.15) is 5.82 Å². The number of alkyl halides is 1. The van der Waals surface area contributed by atoms with Gasteiger partial charge in [-0.1, -0.05) is 15.9 Å². The molecule has 0 atom stereocenters. The minimum absolute atomic E-state index is 0.126. The second kappa shape index (κ2) is 5.70. The summed E-state index contributed by atoms with van der Waals surface area (Å²) in [5.41, 5.74) is 0.396. The SMILES string of the molecule is CN(CC1CC(Br)C1)C(=O)c1ccc(Br)c(F)c1. The minimum atomic E-state index is -0.404. The summed E-state index contributed by atoms with van der Waals surface area (Å²) in [4.78, 5) is 14.4. The fourth-order valence-corrected chi connectivity index (χ4v) is 3.43. The monoisotopic (exact) mass is 377 g/mol. The summed E-state index contributed by atoms with van der Waals surface area (Å²) in [6.07, 6.45) is 2.21. The first-order valence-electron chi connectivity index (χ1n) is 5.82. The molecule has 18 heavy (non-hydrogen) atoms. The number of hydrogen-bond acceptors (Lipinski definition) is 1. The molecule has 1 aromatic rings. The highest BCUT2D eigenvalue weighted by Gasteiger charge is 2.29. The number of amides is 1. The Bertz CT molecular complexity index is 460. The fraction of sp³-hybridized carbons (Fsp3) is 0.462. The summed E-state index contributed by atoms with van der Waals surface area (Å²) in [6, 6.07) is 4.48. The summed E-state index contributed by atoms with van der Waals surface area (Å²) >= 11 is 6.61. The Morgan fingerprint density at radius 2 is 2.17 bits per heavy atom. The van der Waals surface area contributed by atoms with E-state index in [1.54, 1.807) is 24.1 Å². The minimum Gasteiger partial charge on any atom is -0.341 e. The molecule has 1 amide bonds. The molecule has 0 heterocycles. The van der Waals surface area contributed by atoms with Gasteiger partial charge in [-0.05, 0) is 52.9 Å². The molecule has 5 heteroatoms. The van der Waals surface area contributed by atoms with Crippen LogP contribution in [0.4, 0.5) is 4.39 Å². The summed E-state index contributed by atoms with van der Waals surface area (Å²) in [5, 5.41) is 0. The normalized spacial score (nSPS) is 22.4. The van der Waals surface area contributed by atoms with Crippen molar-refractivity contribution in [1.29, 1.82) is 0 Å². The average molecular weight is 379 g/mol. The summed E-state index contributed by atoms with van der Waals surface area (Å²) in [6.45, 7) is 0.735. The van der Waals surface area contributed by atoms with Crippen molar-refractivity contribution in [1.82, 2.24) is 4.90 Å². The quantitative estimate of drug-likeness (QED) is 0.732. The average Bonchev–Trinajstić information content (AvgIpc) is 2.29. The third-order valence-electron chi connectivity index (χ3n) is 3.22. The van der Waals surface area contributed by atoms with Crippen molar-refractivity contribution in [2.75, 3.05) is 13.6 Å². The van der Waals surface area contributed by atoms with Crippen LogP contribution in [0.25, 0.3) is 0 Å². The number of hydrogen-bond donors (Lipinski definition) is 0. The highest BCUT2D eigenvalue weighted by molar-refractivity contribution is 9.10. The topological polar surface area (TPSA) is 20.3 Å². The lowest BCUT2D eigenvalue weighted by Crippen LogP contribution is -2.37. The van der Waals surface area contributed by atoms with E-state index in [0.29, 0.717) is 20.8 Å². The van der Waals surface area contributed by atoms with Crippen molar-refractivity contribution in [2.45, 2.75) is 17.7 Å². The van der Waals surface area contributed by atoms with Gasteiger partial charge in [-0.25, -0.2) is 4.39 Å². The van der Waals surface area contributed by atoms with E-state index in [-0.39, 0.29) is 5.91 Å². The Balaban J connectivity index is 1.99. The number of nitrogens with zero attached hydrogens (tertiary/aromatic N) is 1. The van der Waals surface area contributed by atoms with Crippen LogP contribution in [-0.4, -0.2) is 29.2 Å². The second-order valence-electron chi connectivity index (χ2n) is 4.75. The van der Waals surface area contributed by atoms with Crippen LogP contribution in [0.3, 0.4) is 0 Å². The molecule has 2 nitrogen and oxygen atoms in total. The van der Waals surface area contributed by atoms with Crippen LogP contribution < -0.4 is 0 Å². The van der Waals surface area contributed by atoms with E-state index in [2.05, 4.69) is 31.9 Å². The molecule has 1 fully saturated rings. The van der Waals surface area contributed by atoms with Gasteiger partial charge in [0.25, 0.3) is 5.91 Å². The van der Waals surface area contributed by atoms with Gasteiger partial charge in [-0.15, -0.1) is 0 Å². The van der Waals surface area contributed by atoms with E-state index in [1.165, 1.54) is 6.07 Å². The van der Waals surface area contributed by atoms with Crippen LogP contribution in [-0.2, 0) is 0 Å². The largest absolute Gasteiger partial charge is 0.341 e. The molecule has 1 aliphatic rings. The zero-order valence-corrected chi connectivity index (χ0v) is 13.2. The lowest BCUT2D eigenvalue weighted by Gasteiger charge is -2.34. The Hall–Kier alpha value is -0.420. The van der Waals surface area contributed by atoms with Crippen molar-refractivity contribution in [3.05, 3.63) is 34.1 Å². The lowest BCUT2D eigenvalue weighted by atomic mass is 9.85.